The fraction of sp³-hybridized carbons (Fsp3) is 0.786. The van der Waals surface area contributed by atoms with Gasteiger partial charge in [-0.3, -0.25) is 4.79 Å². The molecule has 6 nitrogen and oxygen atoms in total. The van der Waals surface area contributed by atoms with E-state index in [2.05, 4.69) is 6.92 Å². The molecule has 2 heterocycles. The van der Waals surface area contributed by atoms with Gasteiger partial charge in [-0.25, -0.2) is 4.79 Å². The van der Waals surface area contributed by atoms with Crippen LogP contribution in [0.4, 0.5) is 0 Å². The van der Waals surface area contributed by atoms with Crippen LogP contribution in [-0.2, 0) is 19.1 Å². The number of allylic oxidation sites excluding steroid dienone is 1. The van der Waals surface area contributed by atoms with Crippen LogP contribution in [-0.4, -0.2) is 52.0 Å². The topological polar surface area (TPSA) is 96.4 Å². The summed E-state index contributed by atoms with van der Waals surface area (Å²) < 4.78 is 12.1. The predicted molar refractivity (Wildman–Crippen MR) is 125 cm³/mol. The molecule has 6 rings (SSSR count). The van der Waals surface area contributed by atoms with Gasteiger partial charge in [0, 0.05) is 17.9 Å². The number of hydrogen-bond donors (Lipinski definition) is 2. The summed E-state index contributed by atoms with van der Waals surface area (Å²) in [4.78, 5) is 25.8. The minimum absolute atomic E-state index is 0.0123. The summed E-state index contributed by atoms with van der Waals surface area (Å²) in [6.07, 6.45) is 8.70. The predicted octanol–water partition coefficient (Wildman–Crippen LogP) is 3.50. The van der Waals surface area contributed by atoms with E-state index in [-0.39, 0.29) is 59.7 Å². The standard InChI is InChI=1S/C28H38O6/c1-15-12-21(33-24(31)16(15)2)17(3)27(32)11-8-19-18-13-23-28(34-23)9-5-6-22(30)26(28,14-29)20(18)7-10-25(19,27)4/h5-6,17-21,23,29,32H,7-14H2,1-4H3/t17-,18+,19+,20+,21-,23-,25+,26+,27+,28-/m1/s1. The lowest BCUT2D eigenvalue weighted by Gasteiger charge is -2.59. The van der Waals surface area contributed by atoms with Crippen molar-refractivity contribution >= 4 is 11.8 Å². The molecule has 0 radical (unpaired) electrons. The number of esters is 1. The molecule has 34 heavy (non-hydrogen) atoms. The van der Waals surface area contributed by atoms with Crippen molar-refractivity contribution < 1.29 is 29.3 Å². The third kappa shape index (κ3) is 2.48. The van der Waals surface area contributed by atoms with Gasteiger partial charge in [0.1, 0.15) is 11.7 Å². The summed E-state index contributed by atoms with van der Waals surface area (Å²) in [5.41, 5.74) is -0.917. The number of hydrogen-bond acceptors (Lipinski definition) is 6. The Balaban J connectivity index is 1.33. The Labute approximate surface area is 201 Å². The minimum Gasteiger partial charge on any atom is -0.458 e. The molecule has 4 fully saturated rings. The summed E-state index contributed by atoms with van der Waals surface area (Å²) in [6.45, 7) is 7.90. The number of aliphatic hydroxyl groups is 2. The second-order valence-corrected chi connectivity index (χ2v) is 12.5. The van der Waals surface area contributed by atoms with Crippen LogP contribution in [0.1, 0.15) is 72.6 Å². The van der Waals surface area contributed by atoms with E-state index in [9.17, 15) is 19.8 Å². The van der Waals surface area contributed by atoms with Crippen molar-refractivity contribution in [2.24, 2.45) is 34.5 Å². The molecule has 10 atom stereocenters. The average Bonchev–Trinajstić information content (AvgIpc) is 3.44. The van der Waals surface area contributed by atoms with Gasteiger partial charge in [-0.05, 0) is 81.6 Å². The first-order valence-corrected chi connectivity index (χ1v) is 13.1. The van der Waals surface area contributed by atoms with Crippen molar-refractivity contribution in [3.8, 4) is 0 Å². The van der Waals surface area contributed by atoms with Gasteiger partial charge >= 0.3 is 5.97 Å². The van der Waals surface area contributed by atoms with Gasteiger partial charge in [0.15, 0.2) is 5.78 Å². The molecule has 0 aromatic rings. The van der Waals surface area contributed by atoms with Gasteiger partial charge in [0.05, 0.1) is 23.7 Å². The number of ketones is 1. The van der Waals surface area contributed by atoms with Crippen LogP contribution in [0.15, 0.2) is 23.3 Å². The van der Waals surface area contributed by atoms with Crippen molar-refractivity contribution in [1.82, 2.24) is 0 Å². The highest BCUT2D eigenvalue weighted by Gasteiger charge is 2.79. The Bertz CT molecular complexity index is 1010. The number of fused-ring (bicyclic) bond motifs is 4. The Hall–Kier alpha value is -1.50. The van der Waals surface area contributed by atoms with E-state index in [1.807, 2.05) is 26.8 Å². The summed E-state index contributed by atoms with van der Waals surface area (Å²) in [6, 6.07) is 0. The Kier molecular flexibility index (Phi) is 4.75. The summed E-state index contributed by atoms with van der Waals surface area (Å²) in [5.74, 6) is 0.134. The van der Waals surface area contributed by atoms with E-state index in [1.54, 1.807) is 6.08 Å². The highest BCUT2D eigenvalue weighted by Crippen LogP contribution is 2.73. The van der Waals surface area contributed by atoms with Crippen molar-refractivity contribution in [2.45, 2.75) is 96.1 Å². The number of carbonyl (C=O) groups is 2. The zero-order chi connectivity index (χ0) is 24.3. The number of ether oxygens (including phenoxy) is 2. The first kappa shape index (κ1) is 22.9. The molecule has 186 valence electrons. The first-order valence-electron chi connectivity index (χ1n) is 13.1. The fourth-order valence-electron chi connectivity index (χ4n) is 9.49. The molecule has 3 saturated carbocycles. The van der Waals surface area contributed by atoms with Gasteiger partial charge < -0.3 is 19.7 Å². The molecule has 1 spiro atoms. The van der Waals surface area contributed by atoms with Crippen LogP contribution in [0.25, 0.3) is 0 Å². The van der Waals surface area contributed by atoms with Gasteiger partial charge in [-0.15, -0.1) is 0 Å². The van der Waals surface area contributed by atoms with Crippen LogP contribution in [0.3, 0.4) is 0 Å². The highest BCUT2D eigenvalue weighted by atomic mass is 16.6. The van der Waals surface area contributed by atoms with E-state index < -0.39 is 16.6 Å². The smallest absolute Gasteiger partial charge is 0.333 e. The van der Waals surface area contributed by atoms with Crippen LogP contribution >= 0.6 is 0 Å². The molecule has 2 aliphatic heterocycles. The maximum atomic E-state index is 13.3. The molecule has 6 heteroatoms. The number of rotatable bonds is 3. The maximum absolute atomic E-state index is 13.3. The quantitative estimate of drug-likeness (QED) is 0.484. The minimum atomic E-state index is -0.944. The molecular weight excluding hydrogens is 432 g/mol. The summed E-state index contributed by atoms with van der Waals surface area (Å²) in [7, 11) is 0. The van der Waals surface area contributed by atoms with Crippen LogP contribution in [0.2, 0.25) is 0 Å². The number of aliphatic hydroxyl groups excluding tert-OH is 1. The van der Waals surface area contributed by atoms with Crippen molar-refractivity contribution in [2.75, 3.05) is 6.61 Å². The van der Waals surface area contributed by atoms with Crippen LogP contribution in [0.5, 0.6) is 0 Å². The molecule has 0 bridgehead atoms. The number of cyclic esters (lactones) is 1. The lowest BCUT2D eigenvalue weighted by Crippen LogP contribution is -2.64. The normalized spacial score (nSPS) is 52.4. The molecule has 6 aliphatic rings. The molecular formula is C28H38O6. The van der Waals surface area contributed by atoms with Crippen LogP contribution < -0.4 is 0 Å². The first-order chi connectivity index (χ1) is 16.1. The number of carbonyl (C=O) groups excluding carboxylic acids is 2. The van der Waals surface area contributed by atoms with Crippen molar-refractivity contribution in [3.05, 3.63) is 23.3 Å². The molecule has 0 amide bonds. The second-order valence-electron chi connectivity index (χ2n) is 12.5. The lowest BCUT2D eigenvalue weighted by molar-refractivity contribution is -0.189. The Morgan fingerprint density at radius 2 is 1.91 bits per heavy atom. The molecule has 0 aromatic carbocycles. The molecule has 4 aliphatic carbocycles. The highest BCUT2D eigenvalue weighted by molar-refractivity contribution is 5.98. The van der Waals surface area contributed by atoms with Crippen molar-refractivity contribution in [3.63, 3.8) is 0 Å². The summed E-state index contributed by atoms with van der Waals surface area (Å²) >= 11 is 0. The zero-order valence-corrected chi connectivity index (χ0v) is 20.8. The van der Waals surface area contributed by atoms with Gasteiger partial charge in [0.25, 0.3) is 0 Å². The number of epoxide rings is 1. The largest absolute Gasteiger partial charge is 0.458 e. The average molecular weight is 471 g/mol. The second kappa shape index (κ2) is 7.04. The fourth-order valence-corrected chi connectivity index (χ4v) is 9.49. The Morgan fingerprint density at radius 3 is 2.62 bits per heavy atom. The lowest BCUT2D eigenvalue weighted by atomic mass is 9.44. The van der Waals surface area contributed by atoms with Gasteiger partial charge in [-0.1, -0.05) is 25.5 Å². The molecule has 1 saturated heterocycles. The third-order valence-electron chi connectivity index (χ3n) is 11.7. The zero-order valence-electron chi connectivity index (χ0n) is 20.8. The van der Waals surface area contributed by atoms with Gasteiger partial charge in [0.2, 0.25) is 0 Å². The maximum Gasteiger partial charge on any atom is 0.333 e. The van der Waals surface area contributed by atoms with Crippen molar-refractivity contribution in [1.29, 1.82) is 0 Å². The van der Waals surface area contributed by atoms with E-state index in [1.165, 1.54) is 0 Å². The van der Waals surface area contributed by atoms with Gasteiger partial charge in [-0.2, -0.15) is 0 Å². The van der Waals surface area contributed by atoms with E-state index >= 15 is 0 Å². The molecule has 2 N–H and O–H groups in total. The summed E-state index contributed by atoms with van der Waals surface area (Å²) in [5, 5.41) is 23.0. The van der Waals surface area contributed by atoms with E-state index in [0.29, 0.717) is 24.8 Å². The van der Waals surface area contributed by atoms with E-state index in [0.717, 1.165) is 31.3 Å². The molecule has 0 aromatic heterocycles. The molecule has 0 unspecified atom stereocenters. The third-order valence-corrected chi connectivity index (χ3v) is 11.7. The monoisotopic (exact) mass is 470 g/mol. The van der Waals surface area contributed by atoms with Crippen LogP contribution in [0, 0.1) is 34.5 Å². The SMILES string of the molecule is CC1=C(C)C(=O)O[C@@H]([C@@H](C)[C@@]2(O)CC[C@H]3[C@@H]4C[C@H]5O[C@]56CC=CC(=O)[C@]6(CO)[C@H]4CC[C@@]32C)C1. The van der Waals surface area contributed by atoms with E-state index in [4.69, 9.17) is 9.47 Å². The Morgan fingerprint density at radius 1 is 1.18 bits per heavy atom.